The van der Waals surface area contributed by atoms with Gasteiger partial charge in [-0.1, -0.05) is 5.16 Å². The van der Waals surface area contributed by atoms with Crippen molar-refractivity contribution in [1.82, 2.24) is 20.2 Å². The molecule has 12 heteroatoms. The maximum Gasteiger partial charge on any atom is 0.405 e. The molecule has 0 aliphatic rings. The van der Waals surface area contributed by atoms with Gasteiger partial charge in [0.25, 0.3) is 16.1 Å². The molecule has 1 amide bonds. The number of amides is 1. The van der Waals surface area contributed by atoms with Crippen molar-refractivity contribution in [2.24, 2.45) is 5.14 Å². The van der Waals surface area contributed by atoms with Crippen LogP contribution in [-0.4, -0.2) is 50.4 Å². The first-order valence-corrected chi connectivity index (χ1v) is 10.1. The second kappa shape index (κ2) is 9.48. The summed E-state index contributed by atoms with van der Waals surface area (Å²) < 4.78 is 29.1. The third-order valence-electron chi connectivity index (χ3n) is 3.90. The molecule has 28 heavy (non-hydrogen) atoms. The lowest BCUT2D eigenvalue weighted by Gasteiger charge is -2.13. The van der Waals surface area contributed by atoms with Gasteiger partial charge in [0.1, 0.15) is 0 Å². The van der Waals surface area contributed by atoms with Crippen molar-refractivity contribution in [2.75, 3.05) is 25.5 Å². The largest absolute Gasteiger partial charge is 0.465 e. The number of hydrogen-bond donors (Lipinski definition) is 4. The van der Waals surface area contributed by atoms with Crippen LogP contribution in [0.5, 0.6) is 0 Å². The molecule has 0 bridgehead atoms. The molecule has 5 N–H and O–H groups in total. The van der Waals surface area contributed by atoms with Crippen LogP contribution >= 0.6 is 0 Å². The Morgan fingerprint density at radius 3 is 2.54 bits per heavy atom. The predicted octanol–water partition coefficient (Wildman–Crippen LogP) is 1.07. The Hall–Kier alpha value is -2.70. The molecule has 1 atom stereocenters. The van der Waals surface area contributed by atoms with E-state index in [1.54, 1.807) is 0 Å². The maximum atomic E-state index is 11.1. The molecule has 0 saturated heterocycles. The molecule has 0 fully saturated rings. The maximum absolute atomic E-state index is 11.1. The summed E-state index contributed by atoms with van der Waals surface area (Å²) in [6, 6.07) is 6.82. The summed E-state index contributed by atoms with van der Waals surface area (Å²) in [5, 5.41) is 20.1. The lowest BCUT2D eigenvalue weighted by molar-refractivity contribution is 0.188. The number of anilines is 1. The number of rotatable bonds is 10. The fraction of sp³-hybridized carbons (Fsp3) is 0.438. The summed E-state index contributed by atoms with van der Waals surface area (Å²) in [5.41, 5.74) is 1.73. The molecule has 11 nitrogen and oxygen atoms in total. The van der Waals surface area contributed by atoms with Crippen LogP contribution in [0, 0.1) is 0 Å². The van der Waals surface area contributed by atoms with Crippen molar-refractivity contribution in [2.45, 2.75) is 25.3 Å². The SMILES string of the molecule is CN(C)c1ccc(-c2nc(C(CCCCNS(N)(=O)=O)NC(=O)O)no2)cc1. The molecule has 0 saturated carbocycles. The Balaban J connectivity index is 2.02. The first-order chi connectivity index (χ1) is 13.2. The van der Waals surface area contributed by atoms with Gasteiger partial charge in [0.05, 0.1) is 6.04 Å². The van der Waals surface area contributed by atoms with Crippen LogP contribution in [0.2, 0.25) is 0 Å². The van der Waals surface area contributed by atoms with E-state index >= 15 is 0 Å². The Labute approximate surface area is 163 Å². The number of aromatic nitrogens is 2. The minimum absolute atomic E-state index is 0.161. The third-order valence-corrected chi connectivity index (χ3v) is 4.51. The first kappa shape index (κ1) is 21.6. The first-order valence-electron chi connectivity index (χ1n) is 8.54. The van der Waals surface area contributed by atoms with E-state index in [0.29, 0.717) is 19.3 Å². The minimum atomic E-state index is -3.73. The highest BCUT2D eigenvalue weighted by Crippen LogP contribution is 2.24. The highest BCUT2D eigenvalue weighted by atomic mass is 32.2. The molecule has 2 aromatic rings. The summed E-state index contributed by atoms with van der Waals surface area (Å²) in [5.74, 6) is 0.502. The van der Waals surface area contributed by atoms with Crippen LogP contribution in [0.25, 0.3) is 11.5 Å². The van der Waals surface area contributed by atoms with Gasteiger partial charge >= 0.3 is 6.09 Å². The number of carboxylic acid groups (broad SMARTS) is 1. The predicted molar refractivity (Wildman–Crippen MR) is 103 cm³/mol. The highest BCUT2D eigenvalue weighted by molar-refractivity contribution is 7.87. The molecule has 0 aliphatic heterocycles. The van der Waals surface area contributed by atoms with Gasteiger partial charge in [-0.05, 0) is 43.5 Å². The van der Waals surface area contributed by atoms with Gasteiger partial charge in [0, 0.05) is 31.9 Å². The van der Waals surface area contributed by atoms with E-state index in [-0.39, 0.29) is 18.3 Å². The minimum Gasteiger partial charge on any atom is -0.465 e. The Morgan fingerprint density at radius 2 is 1.96 bits per heavy atom. The van der Waals surface area contributed by atoms with E-state index in [9.17, 15) is 13.2 Å². The lowest BCUT2D eigenvalue weighted by Crippen LogP contribution is -2.31. The molecule has 1 aromatic carbocycles. The molecule has 1 aromatic heterocycles. The highest BCUT2D eigenvalue weighted by Gasteiger charge is 2.21. The zero-order valence-corrected chi connectivity index (χ0v) is 16.4. The number of unbranched alkanes of at least 4 members (excludes halogenated alkanes) is 1. The summed E-state index contributed by atoms with van der Waals surface area (Å²) in [6.45, 7) is 0.161. The molecule has 0 radical (unpaired) electrons. The average Bonchev–Trinajstić information content (AvgIpc) is 3.09. The number of hydrogen-bond acceptors (Lipinski definition) is 7. The van der Waals surface area contributed by atoms with Crippen molar-refractivity contribution in [3.8, 4) is 11.5 Å². The molecule has 1 unspecified atom stereocenters. The van der Waals surface area contributed by atoms with Crippen LogP contribution in [0.1, 0.15) is 31.1 Å². The molecule has 1 heterocycles. The van der Waals surface area contributed by atoms with E-state index in [1.165, 1.54) is 0 Å². The van der Waals surface area contributed by atoms with Crippen molar-refractivity contribution in [1.29, 1.82) is 0 Å². The monoisotopic (exact) mass is 412 g/mol. The van der Waals surface area contributed by atoms with Crippen molar-refractivity contribution < 1.29 is 22.8 Å². The number of nitrogens with one attached hydrogen (secondary N) is 2. The summed E-state index contributed by atoms with van der Waals surface area (Å²) in [4.78, 5) is 17.3. The molecule has 0 aliphatic carbocycles. The van der Waals surface area contributed by atoms with Crippen molar-refractivity contribution in [3.05, 3.63) is 30.1 Å². The van der Waals surface area contributed by atoms with E-state index in [4.69, 9.17) is 14.8 Å². The number of carbonyl (C=O) groups is 1. The van der Waals surface area contributed by atoms with E-state index in [2.05, 4.69) is 20.2 Å². The van der Waals surface area contributed by atoms with Crippen LogP contribution in [0.3, 0.4) is 0 Å². The number of benzene rings is 1. The van der Waals surface area contributed by atoms with Crippen molar-refractivity contribution in [3.63, 3.8) is 0 Å². The second-order valence-electron chi connectivity index (χ2n) is 6.34. The van der Waals surface area contributed by atoms with Gasteiger partial charge < -0.3 is 19.8 Å². The van der Waals surface area contributed by atoms with Crippen LogP contribution < -0.4 is 20.1 Å². The molecule has 154 valence electrons. The summed E-state index contributed by atoms with van der Waals surface area (Å²) >= 11 is 0. The second-order valence-corrected chi connectivity index (χ2v) is 7.71. The topological polar surface area (TPSA) is 164 Å². The molecule has 0 spiro atoms. The van der Waals surface area contributed by atoms with E-state index in [0.717, 1.165) is 11.3 Å². The summed E-state index contributed by atoms with van der Waals surface area (Å²) in [6.07, 6.45) is 0.158. The Kier molecular flexibility index (Phi) is 7.31. The Bertz CT molecular complexity index is 881. The third kappa shape index (κ3) is 6.79. The van der Waals surface area contributed by atoms with Gasteiger partial charge in [-0.25, -0.2) is 14.7 Å². The number of nitrogens with two attached hydrogens (primary N) is 1. The normalized spacial score (nSPS) is 12.5. The lowest BCUT2D eigenvalue weighted by atomic mass is 10.1. The zero-order chi connectivity index (χ0) is 20.7. The van der Waals surface area contributed by atoms with E-state index in [1.807, 2.05) is 43.3 Å². The van der Waals surface area contributed by atoms with Crippen LogP contribution in [0.4, 0.5) is 10.5 Å². The van der Waals surface area contributed by atoms with Crippen molar-refractivity contribution >= 4 is 22.0 Å². The van der Waals surface area contributed by atoms with Gasteiger partial charge in [-0.15, -0.1) is 0 Å². The van der Waals surface area contributed by atoms with Crippen LogP contribution in [-0.2, 0) is 10.2 Å². The van der Waals surface area contributed by atoms with Gasteiger partial charge in [-0.2, -0.15) is 13.4 Å². The van der Waals surface area contributed by atoms with Gasteiger partial charge in [-0.3, -0.25) is 0 Å². The van der Waals surface area contributed by atoms with Crippen LogP contribution in [0.15, 0.2) is 28.8 Å². The Morgan fingerprint density at radius 1 is 1.29 bits per heavy atom. The fourth-order valence-corrected chi connectivity index (χ4v) is 2.93. The fourth-order valence-electron chi connectivity index (χ4n) is 2.50. The average molecular weight is 412 g/mol. The van der Waals surface area contributed by atoms with Gasteiger partial charge in [0.15, 0.2) is 5.82 Å². The zero-order valence-electron chi connectivity index (χ0n) is 15.6. The quantitative estimate of drug-likeness (QED) is 0.421. The number of nitrogens with zero attached hydrogens (tertiary/aromatic N) is 3. The summed E-state index contributed by atoms with van der Waals surface area (Å²) in [7, 11) is 0.128. The smallest absolute Gasteiger partial charge is 0.405 e. The molecular weight excluding hydrogens is 388 g/mol. The van der Waals surface area contributed by atoms with Gasteiger partial charge in [0.2, 0.25) is 0 Å². The standard InChI is InChI=1S/C16H24N6O5S/c1-22(2)12-8-6-11(7-9-12)15-20-14(21-27-15)13(19-16(23)24)5-3-4-10-18-28(17,25)26/h6-9,13,18-19H,3-5,10H2,1-2H3,(H,23,24)(H2,17,25,26). The molecular formula is C16H24N6O5S. The van der Waals surface area contributed by atoms with E-state index < -0.39 is 22.3 Å². The molecule has 2 rings (SSSR count).